The molecule has 0 aliphatic heterocycles. The molecule has 0 saturated heterocycles. The Hall–Kier alpha value is -0.730. The van der Waals surface area contributed by atoms with Crippen LogP contribution in [0.2, 0.25) is 0 Å². The fourth-order valence-electron chi connectivity index (χ4n) is 9.50. The van der Waals surface area contributed by atoms with Crippen LogP contribution >= 0.6 is 0 Å². The average Bonchev–Trinajstić information content (AvgIpc) is 3.29. The normalized spacial score (nSPS) is 35.1. The number of fused-ring (bicyclic) bond motifs is 5. The minimum absolute atomic E-state index is 0.0839. The first kappa shape index (κ1) is 32.2. The maximum Gasteiger partial charge on any atom is 0.305 e. The van der Waals surface area contributed by atoms with Gasteiger partial charge in [-0.2, -0.15) is 0 Å². The second-order valence-electron chi connectivity index (χ2n) is 13.6. The van der Waals surface area contributed by atoms with E-state index in [1.54, 1.807) is 0 Å². The minimum Gasteiger partial charge on any atom is -0.463 e. The van der Waals surface area contributed by atoms with E-state index in [9.17, 15) is 4.79 Å². The van der Waals surface area contributed by atoms with Crippen LogP contribution < -0.4 is 5.73 Å². The molecule has 0 heterocycles. The van der Waals surface area contributed by atoms with Crippen LogP contribution in [0.25, 0.3) is 0 Å². The molecule has 0 radical (unpaired) electrons. The standard InChI is InChI=1S/C33H59NO6/c1-32-14-4-3-6-26(32)9-11-28-29-12-10-27(33(29,2)15-13-30(28)32)7-5-8-31(35)40-25-24-39-23-22-38-21-20-37-19-18-36-17-16-34/h26-30H,3-25,34H2,1-2H3. The summed E-state index contributed by atoms with van der Waals surface area (Å²) in [5.41, 5.74) is 6.47. The first-order valence-corrected chi connectivity index (χ1v) is 16.7. The van der Waals surface area contributed by atoms with Gasteiger partial charge in [0.1, 0.15) is 6.61 Å². The van der Waals surface area contributed by atoms with Crippen molar-refractivity contribution in [3.63, 3.8) is 0 Å². The molecule has 0 aromatic rings. The summed E-state index contributed by atoms with van der Waals surface area (Å²) in [6.07, 6.45) is 17.2. The Morgan fingerprint density at radius 2 is 1.35 bits per heavy atom. The van der Waals surface area contributed by atoms with Gasteiger partial charge >= 0.3 is 5.97 Å². The minimum atomic E-state index is -0.0839. The molecule has 0 amide bonds. The summed E-state index contributed by atoms with van der Waals surface area (Å²) in [6, 6.07) is 0. The molecule has 7 atom stereocenters. The van der Waals surface area contributed by atoms with Crippen LogP contribution in [-0.2, 0) is 28.5 Å². The summed E-state index contributed by atoms with van der Waals surface area (Å²) < 4.78 is 27.1. The van der Waals surface area contributed by atoms with Gasteiger partial charge in [-0.15, -0.1) is 0 Å². The molecule has 4 rings (SSSR count). The van der Waals surface area contributed by atoms with Crippen LogP contribution in [0.15, 0.2) is 0 Å². The predicted molar refractivity (Wildman–Crippen MR) is 157 cm³/mol. The first-order chi connectivity index (χ1) is 19.5. The maximum absolute atomic E-state index is 12.3. The summed E-state index contributed by atoms with van der Waals surface area (Å²) in [4.78, 5) is 12.3. The molecular formula is C33H59NO6. The highest BCUT2D eigenvalue weighted by Gasteiger charge is 2.59. The largest absolute Gasteiger partial charge is 0.463 e. The molecular weight excluding hydrogens is 506 g/mol. The van der Waals surface area contributed by atoms with Crippen molar-refractivity contribution in [1.29, 1.82) is 0 Å². The maximum atomic E-state index is 12.3. The third kappa shape index (κ3) is 8.21. The van der Waals surface area contributed by atoms with Gasteiger partial charge in [0.15, 0.2) is 0 Å². The van der Waals surface area contributed by atoms with E-state index in [0.717, 1.165) is 36.0 Å². The number of carbonyl (C=O) groups excluding carboxylic acids is 1. The average molecular weight is 566 g/mol. The van der Waals surface area contributed by atoms with Crippen LogP contribution in [0.1, 0.15) is 97.3 Å². The van der Waals surface area contributed by atoms with Crippen LogP contribution in [0.4, 0.5) is 0 Å². The Bertz CT molecular complexity index is 750. The van der Waals surface area contributed by atoms with Crippen molar-refractivity contribution in [2.24, 2.45) is 46.2 Å². The molecule has 4 aliphatic rings. The number of carbonyl (C=O) groups is 1. The van der Waals surface area contributed by atoms with Crippen molar-refractivity contribution in [1.82, 2.24) is 0 Å². The highest BCUT2D eigenvalue weighted by atomic mass is 16.6. The van der Waals surface area contributed by atoms with Crippen molar-refractivity contribution in [3.05, 3.63) is 0 Å². The van der Waals surface area contributed by atoms with Gasteiger partial charge in [-0.05, 0) is 105 Å². The number of nitrogens with two attached hydrogens (primary N) is 1. The molecule has 40 heavy (non-hydrogen) atoms. The second kappa shape index (κ2) is 16.2. The number of rotatable bonds is 18. The van der Waals surface area contributed by atoms with Gasteiger partial charge in [0, 0.05) is 13.0 Å². The van der Waals surface area contributed by atoms with E-state index in [0.29, 0.717) is 83.3 Å². The molecule has 0 bridgehead atoms. The van der Waals surface area contributed by atoms with E-state index in [4.69, 9.17) is 29.4 Å². The van der Waals surface area contributed by atoms with Gasteiger partial charge in [-0.1, -0.05) is 26.7 Å². The molecule has 4 aliphatic carbocycles. The van der Waals surface area contributed by atoms with Crippen molar-refractivity contribution in [2.45, 2.75) is 97.3 Å². The molecule has 7 nitrogen and oxygen atoms in total. The monoisotopic (exact) mass is 565 g/mol. The number of hydrogen-bond donors (Lipinski definition) is 1. The molecule has 7 heteroatoms. The number of ether oxygens (including phenoxy) is 5. The molecule has 0 spiro atoms. The molecule has 4 fully saturated rings. The topological polar surface area (TPSA) is 89.2 Å². The van der Waals surface area contributed by atoms with Gasteiger partial charge in [-0.3, -0.25) is 4.79 Å². The van der Waals surface area contributed by atoms with Gasteiger partial charge in [0.2, 0.25) is 0 Å². The SMILES string of the molecule is CC12CCCCC1CCC1C2CCC2(C)C(CCCC(=O)OCCOCCOCCOCCOCCN)CCC12. The van der Waals surface area contributed by atoms with Crippen LogP contribution in [0, 0.1) is 40.4 Å². The van der Waals surface area contributed by atoms with Crippen LogP contribution in [0.5, 0.6) is 0 Å². The van der Waals surface area contributed by atoms with E-state index in [2.05, 4.69) is 13.8 Å². The van der Waals surface area contributed by atoms with Crippen molar-refractivity contribution >= 4 is 5.97 Å². The Balaban J connectivity index is 1.03. The highest BCUT2D eigenvalue weighted by Crippen LogP contribution is 2.67. The quantitative estimate of drug-likeness (QED) is 0.167. The summed E-state index contributed by atoms with van der Waals surface area (Å²) in [5.74, 6) is 4.53. The summed E-state index contributed by atoms with van der Waals surface area (Å²) in [7, 11) is 0. The molecule has 0 aromatic heterocycles. The number of hydrogen-bond acceptors (Lipinski definition) is 7. The first-order valence-electron chi connectivity index (χ1n) is 16.7. The van der Waals surface area contributed by atoms with E-state index in [-0.39, 0.29) is 5.97 Å². The van der Waals surface area contributed by atoms with E-state index < -0.39 is 0 Å². The zero-order chi connectivity index (χ0) is 28.3. The van der Waals surface area contributed by atoms with Gasteiger partial charge < -0.3 is 29.4 Å². The Labute approximate surface area is 243 Å². The lowest BCUT2D eigenvalue weighted by molar-refractivity contribution is -0.145. The molecule has 2 N–H and O–H groups in total. The van der Waals surface area contributed by atoms with Crippen molar-refractivity contribution in [2.75, 3.05) is 66.0 Å². The van der Waals surface area contributed by atoms with Crippen molar-refractivity contribution in [3.8, 4) is 0 Å². The zero-order valence-corrected chi connectivity index (χ0v) is 25.7. The lowest BCUT2D eigenvalue weighted by Crippen LogP contribution is -2.52. The Morgan fingerprint density at radius 3 is 2.05 bits per heavy atom. The van der Waals surface area contributed by atoms with Crippen molar-refractivity contribution < 1.29 is 28.5 Å². The molecule has 232 valence electrons. The summed E-state index contributed by atoms with van der Waals surface area (Å²) >= 11 is 0. The van der Waals surface area contributed by atoms with Gasteiger partial charge in [-0.25, -0.2) is 0 Å². The molecule has 4 saturated carbocycles. The Morgan fingerprint density at radius 1 is 0.700 bits per heavy atom. The fraction of sp³-hybridized carbons (Fsp3) is 0.970. The lowest BCUT2D eigenvalue weighted by Gasteiger charge is -2.60. The summed E-state index contributed by atoms with van der Waals surface area (Å²) in [6.45, 7) is 10.3. The highest BCUT2D eigenvalue weighted by molar-refractivity contribution is 5.69. The predicted octanol–water partition coefficient (Wildman–Crippen LogP) is 5.77. The second-order valence-corrected chi connectivity index (χ2v) is 13.6. The van der Waals surface area contributed by atoms with Crippen LogP contribution in [0.3, 0.4) is 0 Å². The fourth-order valence-corrected chi connectivity index (χ4v) is 9.50. The van der Waals surface area contributed by atoms with E-state index in [1.165, 1.54) is 70.6 Å². The van der Waals surface area contributed by atoms with E-state index >= 15 is 0 Å². The zero-order valence-electron chi connectivity index (χ0n) is 25.7. The van der Waals surface area contributed by atoms with Crippen LogP contribution in [-0.4, -0.2) is 72.0 Å². The van der Waals surface area contributed by atoms with E-state index in [1.807, 2.05) is 0 Å². The van der Waals surface area contributed by atoms with Gasteiger partial charge in [0.25, 0.3) is 0 Å². The summed E-state index contributed by atoms with van der Waals surface area (Å²) in [5, 5.41) is 0. The van der Waals surface area contributed by atoms with Gasteiger partial charge in [0.05, 0.1) is 52.9 Å². The third-order valence-corrected chi connectivity index (χ3v) is 11.6. The number of esters is 1. The third-order valence-electron chi connectivity index (χ3n) is 11.6. The lowest BCUT2D eigenvalue weighted by atomic mass is 9.45. The molecule has 7 unspecified atom stereocenters. The smallest absolute Gasteiger partial charge is 0.305 e. The Kier molecular flexibility index (Phi) is 13.0. The molecule has 0 aromatic carbocycles.